The molecular weight excluding hydrogens is 392 g/mol. The van der Waals surface area contributed by atoms with Gasteiger partial charge < -0.3 is 9.88 Å². The van der Waals surface area contributed by atoms with Crippen LogP contribution in [-0.4, -0.2) is 26.4 Å². The van der Waals surface area contributed by atoms with Gasteiger partial charge in [-0.3, -0.25) is 4.79 Å². The zero-order chi connectivity index (χ0) is 21.9. The molecule has 1 N–H and O–H groups in total. The third-order valence-corrected chi connectivity index (χ3v) is 6.22. The molecule has 0 bridgehead atoms. The van der Waals surface area contributed by atoms with Crippen LogP contribution in [0.15, 0.2) is 47.6 Å². The van der Waals surface area contributed by atoms with Crippen molar-refractivity contribution in [3.63, 3.8) is 0 Å². The minimum Gasteiger partial charge on any atom is -0.325 e. The highest BCUT2D eigenvalue weighted by Crippen LogP contribution is 2.28. The average molecular weight is 423 g/mol. The van der Waals surface area contributed by atoms with E-state index in [1.54, 1.807) is 0 Å². The fourth-order valence-corrected chi connectivity index (χ4v) is 4.02. The van der Waals surface area contributed by atoms with E-state index < -0.39 is 0 Å². The Hall–Kier alpha value is -2.60. The highest BCUT2D eigenvalue weighted by atomic mass is 32.2. The van der Waals surface area contributed by atoms with Gasteiger partial charge in [-0.25, -0.2) is 0 Å². The highest BCUT2D eigenvalue weighted by molar-refractivity contribution is 7.99. The summed E-state index contributed by atoms with van der Waals surface area (Å²) in [6, 6.07) is 14.4. The summed E-state index contributed by atoms with van der Waals surface area (Å²) in [5.41, 5.74) is 5.54. The molecule has 30 heavy (non-hydrogen) atoms. The topological polar surface area (TPSA) is 59.8 Å². The Morgan fingerprint density at radius 2 is 1.77 bits per heavy atom. The number of carbonyl (C=O) groups is 1. The van der Waals surface area contributed by atoms with Gasteiger partial charge in [-0.15, -0.1) is 10.2 Å². The molecule has 0 aliphatic rings. The summed E-state index contributed by atoms with van der Waals surface area (Å²) in [6.45, 7) is 13.5. The van der Waals surface area contributed by atoms with E-state index in [-0.39, 0.29) is 17.1 Å². The van der Waals surface area contributed by atoms with Crippen molar-refractivity contribution in [1.29, 1.82) is 0 Å². The van der Waals surface area contributed by atoms with Crippen LogP contribution in [0.5, 0.6) is 0 Å². The number of benzene rings is 2. The summed E-state index contributed by atoms with van der Waals surface area (Å²) in [5.74, 6) is 1.07. The van der Waals surface area contributed by atoms with E-state index in [9.17, 15) is 4.79 Å². The van der Waals surface area contributed by atoms with Gasteiger partial charge >= 0.3 is 0 Å². The van der Waals surface area contributed by atoms with E-state index in [1.807, 2.05) is 32.0 Å². The van der Waals surface area contributed by atoms with E-state index in [2.05, 4.69) is 72.0 Å². The number of nitrogens with one attached hydrogen (secondary N) is 1. The Morgan fingerprint density at radius 3 is 2.40 bits per heavy atom. The minimum absolute atomic E-state index is 0.0459. The zero-order valence-electron chi connectivity index (χ0n) is 18.6. The maximum absolute atomic E-state index is 12.5. The molecular formula is C24H30N4OS. The largest absolute Gasteiger partial charge is 0.325 e. The van der Waals surface area contributed by atoms with Crippen molar-refractivity contribution in [2.45, 2.75) is 58.7 Å². The highest BCUT2D eigenvalue weighted by Gasteiger charge is 2.17. The van der Waals surface area contributed by atoms with Crippen LogP contribution in [0, 0.1) is 13.8 Å². The molecule has 1 aromatic heterocycles. The first kappa shape index (κ1) is 22.1. The molecule has 0 unspecified atom stereocenters. The summed E-state index contributed by atoms with van der Waals surface area (Å²) in [5, 5.41) is 12.5. The first-order chi connectivity index (χ1) is 14.2. The van der Waals surface area contributed by atoms with Crippen LogP contribution in [-0.2, 0) is 16.8 Å². The van der Waals surface area contributed by atoms with Crippen LogP contribution in [0.25, 0.3) is 11.4 Å². The van der Waals surface area contributed by atoms with Crippen molar-refractivity contribution in [2.75, 3.05) is 11.1 Å². The standard InChI is InChI=1S/C24H30N4OS/c1-7-28-22(18-11-13-19(14-12-18)24(4,5)6)26-27-23(28)30-15-21(29)25-20-10-8-9-16(2)17(20)3/h8-14H,7,15H2,1-6H3,(H,25,29). The van der Waals surface area contributed by atoms with Crippen LogP contribution in [0.4, 0.5) is 5.69 Å². The Kier molecular flexibility index (Phi) is 6.66. The Labute approximate surface area is 183 Å². The number of aromatic nitrogens is 3. The Morgan fingerprint density at radius 1 is 1.07 bits per heavy atom. The molecule has 0 aliphatic carbocycles. The quantitative estimate of drug-likeness (QED) is 0.525. The fraction of sp³-hybridized carbons (Fsp3) is 0.375. The number of rotatable bonds is 6. The van der Waals surface area contributed by atoms with Crippen LogP contribution >= 0.6 is 11.8 Å². The van der Waals surface area contributed by atoms with E-state index in [1.165, 1.54) is 17.3 Å². The lowest BCUT2D eigenvalue weighted by molar-refractivity contribution is -0.113. The molecule has 0 radical (unpaired) electrons. The average Bonchev–Trinajstić information content (AvgIpc) is 3.12. The van der Waals surface area contributed by atoms with Gasteiger partial charge in [-0.05, 0) is 48.9 Å². The Bertz CT molecular complexity index is 1030. The molecule has 0 saturated carbocycles. The number of amides is 1. The molecule has 158 valence electrons. The molecule has 3 rings (SSSR count). The van der Waals surface area contributed by atoms with Gasteiger partial charge in [0, 0.05) is 17.8 Å². The molecule has 0 saturated heterocycles. The predicted molar refractivity (Wildman–Crippen MR) is 125 cm³/mol. The summed E-state index contributed by atoms with van der Waals surface area (Å²) in [4.78, 5) is 12.5. The first-order valence-electron chi connectivity index (χ1n) is 10.2. The second kappa shape index (κ2) is 9.04. The molecule has 0 atom stereocenters. The first-order valence-corrected chi connectivity index (χ1v) is 11.2. The van der Waals surface area contributed by atoms with E-state index in [0.29, 0.717) is 0 Å². The molecule has 1 heterocycles. The van der Waals surface area contributed by atoms with Crippen molar-refractivity contribution < 1.29 is 4.79 Å². The summed E-state index contributed by atoms with van der Waals surface area (Å²) >= 11 is 1.41. The van der Waals surface area contributed by atoms with Crippen LogP contribution in [0.3, 0.4) is 0 Å². The Balaban J connectivity index is 1.71. The second-order valence-corrected chi connectivity index (χ2v) is 9.40. The van der Waals surface area contributed by atoms with E-state index in [0.717, 1.165) is 39.9 Å². The van der Waals surface area contributed by atoms with Crippen molar-refractivity contribution >= 4 is 23.4 Å². The van der Waals surface area contributed by atoms with Crippen molar-refractivity contribution in [3.8, 4) is 11.4 Å². The number of aryl methyl sites for hydroxylation is 1. The maximum atomic E-state index is 12.5. The van der Waals surface area contributed by atoms with Gasteiger partial charge in [-0.2, -0.15) is 0 Å². The SMILES string of the molecule is CCn1c(SCC(=O)Nc2cccc(C)c2C)nnc1-c1ccc(C(C)(C)C)cc1. The molecule has 2 aromatic carbocycles. The monoisotopic (exact) mass is 422 g/mol. The fourth-order valence-electron chi connectivity index (χ4n) is 3.22. The molecule has 0 fully saturated rings. The lowest BCUT2D eigenvalue weighted by Crippen LogP contribution is -2.15. The predicted octanol–water partition coefficient (Wildman–Crippen LogP) is 5.61. The van der Waals surface area contributed by atoms with E-state index >= 15 is 0 Å². The lowest BCUT2D eigenvalue weighted by Gasteiger charge is -2.19. The minimum atomic E-state index is -0.0459. The molecule has 1 amide bonds. The summed E-state index contributed by atoms with van der Waals surface area (Å²) in [7, 11) is 0. The number of nitrogens with zero attached hydrogens (tertiary/aromatic N) is 3. The molecule has 0 aliphatic heterocycles. The van der Waals surface area contributed by atoms with Crippen molar-refractivity contribution in [2.24, 2.45) is 0 Å². The van der Waals surface area contributed by atoms with Gasteiger partial charge in [-0.1, -0.05) is 68.9 Å². The van der Waals surface area contributed by atoms with Gasteiger partial charge in [0.25, 0.3) is 0 Å². The third kappa shape index (κ3) is 4.93. The van der Waals surface area contributed by atoms with Crippen LogP contribution in [0.2, 0.25) is 0 Å². The van der Waals surface area contributed by atoms with E-state index in [4.69, 9.17) is 0 Å². The molecule has 0 spiro atoms. The van der Waals surface area contributed by atoms with Gasteiger partial charge in [0.05, 0.1) is 5.75 Å². The summed E-state index contributed by atoms with van der Waals surface area (Å²) in [6.07, 6.45) is 0. The van der Waals surface area contributed by atoms with Gasteiger partial charge in [0.1, 0.15) is 0 Å². The number of hydrogen-bond acceptors (Lipinski definition) is 4. The zero-order valence-corrected chi connectivity index (χ0v) is 19.4. The van der Waals surface area contributed by atoms with Crippen LogP contribution in [0.1, 0.15) is 44.4 Å². The number of anilines is 1. The third-order valence-electron chi connectivity index (χ3n) is 5.25. The normalized spacial score (nSPS) is 11.5. The number of thioether (sulfide) groups is 1. The van der Waals surface area contributed by atoms with Gasteiger partial charge in [0.2, 0.25) is 5.91 Å². The number of carbonyl (C=O) groups excluding carboxylic acids is 1. The van der Waals surface area contributed by atoms with Gasteiger partial charge in [0.15, 0.2) is 11.0 Å². The molecule has 3 aromatic rings. The number of hydrogen-bond donors (Lipinski definition) is 1. The lowest BCUT2D eigenvalue weighted by atomic mass is 9.87. The van der Waals surface area contributed by atoms with Crippen molar-refractivity contribution in [3.05, 3.63) is 59.2 Å². The molecule has 6 heteroatoms. The second-order valence-electron chi connectivity index (χ2n) is 8.46. The molecule has 5 nitrogen and oxygen atoms in total. The summed E-state index contributed by atoms with van der Waals surface area (Å²) < 4.78 is 2.06. The maximum Gasteiger partial charge on any atom is 0.234 e. The van der Waals surface area contributed by atoms with Crippen LogP contribution < -0.4 is 5.32 Å². The van der Waals surface area contributed by atoms with Crippen molar-refractivity contribution in [1.82, 2.24) is 14.8 Å². The smallest absolute Gasteiger partial charge is 0.234 e.